The molecule has 0 aromatic heterocycles. The van der Waals surface area contributed by atoms with Gasteiger partial charge in [0, 0.05) is 29.7 Å². The fraction of sp³-hybridized carbons (Fsp3) is 0.217. The van der Waals surface area contributed by atoms with Gasteiger partial charge in [0.2, 0.25) is 0 Å². The zero-order valence-corrected chi connectivity index (χ0v) is 18.1. The highest BCUT2D eigenvalue weighted by atomic mass is 35.5. The van der Waals surface area contributed by atoms with E-state index in [0.29, 0.717) is 30.4 Å². The fourth-order valence-electron chi connectivity index (χ4n) is 3.68. The minimum absolute atomic E-state index is 0.271. The van der Waals surface area contributed by atoms with Gasteiger partial charge < -0.3 is 4.74 Å². The maximum Gasteiger partial charge on any atom is 0.196 e. The lowest BCUT2D eigenvalue weighted by Gasteiger charge is -2.36. The number of morpholine rings is 1. The largest absolute Gasteiger partial charge is 0.374 e. The van der Waals surface area contributed by atoms with Crippen LogP contribution in [0.25, 0.3) is 0 Å². The Bertz CT molecular complexity index is 1000. The monoisotopic (exact) mass is 462 g/mol. The van der Waals surface area contributed by atoms with Crippen LogP contribution in [0.1, 0.15) is 17.0 Å². The Balaban J connectivity index is 1.57. The predicted molar refractivity (Wildman–Crippen MR) is 119 cm³/mol. The van der Waals surface area contributed by atoms with E-state index in [1.807, 2.05) is 0 Å². The number of nitrogens with zero attached hydrogens (tertiary/aromatic N) is 1. The lowest BCUT2D eigenvalue weighted by atomic mass is 9.86. The summed E-state index contributed by atoms with van der Waals surface area (Å²) in [6.45, 7) is 1.24. The number of halogens is 3. The molecule has 31 heavy (non-hydrogen) atoms. The van der Waals surface area contributed by atoms with Gasteiger partial charge in [-0.05, 0) is 53.6 Å². The number of rotatable bonds is 6. The van der Waals surface area contributed by atoms with Crippen LogP contribution >= 0.6 is 11.6 Å². The minimum Gasteiger partial charge on any atom is -0.374 e. The van der Waals surface area contributed by atoms with Gasteiger partial charge in [-0.1, -0.05) is 41.9 Å². The molecule has 4 rings (SSSR count). The molecule has 2 unspecified atom stereocenters. The first-order valence-corrected chi connectivity index (χ1v) is 11.3. The van der Waals surface area contributed by atoms with Crippen molar-refractivity contribution in [3.8, 4) is 0 Å². The number of ether oxygens (including phenoxy) is 1. The topological polar surface area (TPSA) is 41.6 Å². The number of hydrogen-bond donors (Lipinski definition) is 1. The van der Waals surface area contributed by atoms with Gasteiger partial charge >= 0.3 is 0 Å². The summed E-state index contributed by atoms with van der Waals surface area (Å²) in [5.74, 6) is -0.939. The number of benzene rings is 3. The van der Waals surface area contributed by atoms with Crippen molar-refractivity contribution in [3.05, 3.63) is 101 Å². The summed E-state index contributed by atoms with van der Waals surface area (Å²) in [5.41, 5.74) is 2.34. The van der Waals surface area contributed by atoms with E-state index in [4.69, 9.17) is 16.3 Å². The number of hydrogen-bond acceptors (Lipinski definition) is 2. The van der Waals surface area contributed by atoms with E-state index in [1.165, 1.54) is 24.3 Å². The number of nitrogens with one attached hydrogen (secondary N) is 1. The molecular weight excluding hydrogens is 442 g/mol. The van der Waals surface area contributed by atoms with Crippen molar-refractivity contribution >= 4 is 28.5 Å². The van der Waals surface area contributed by atoms with E-state index < -0.39 is 11.2 Å². The van der Waals surface area contributed by atoms with Crippen LogP contribution in [-0.2, 0) is 15.9 Å². The summed E-state index contributed by atoms with van der Waals surface area (Å²) < 4.78 is 50.7. The first kappa shape index (κ1) is 21.9. The van der Waals surface area contributed by atoms with Crippen molar-refractivity contribution in [3.63, 3.8) is 0 Å². The summed E-state index contributed by atoms with van der Waals surface area (Å²) in [6.07, 6.45) is -0.352. The molecule has 8 heteroatoms. The molecule has 0 spiro atoms. The van der Waals surface area contributed by atoms with Crippen molar-refractivity contribution in [1.29, 1.82) is 0 Å². The molecule has 0 aliphatic carbocycles. The Hall–Kier alpha value is -2.32. The molecule has 1 heterocycles. The average Bonchev–Trinajstić information content (AvgIpc) is 2.77. The first-order chi connectivity index (χ1) is 15.0. The third-order valence-corrected chi connectivity index (χ3v) is 6.60. The summed E-state index contributed by atoms with van der Waals surface area (Å²) in [5, 5.41) is 0.550. The molecule has 3 aromatic carbocycles. The Kier molecular flexibility index (Phi) is 6.97. The SMILES string of the molecule is O=S(Nc1cccc(Cl)c1)N1CCOC(C(c2ccc(F)cc2)c2ccc(F)cc2)C1. The standard InChI is InChI=1S/C23H21ClF2N2O2S/c24-18-2-1-3-21(14-18)27-31(29)28-12-13-30-22(15-28)23(16-4-8-19(25)9-5-16)17-6-10-20(26)11-7-17/h1-11,14,22-23,27H,12-13,15H2. The minimum atomic E-state index is -1.50. The van der Waals surface area contributed by atoms with Gasteiger partial charge in [-0.25, -0.2) is 17.3 Å². The van der Waals surface area contributed by atoms with E-state index in [9.17, 15) is 13.0 Å². The van der Waals surface area contributed by atoms with E-state index in [1.54, 1.807) is 52.8 Å². The first-order valence-electron chi connectivity index (χ1n) is 9.81. The van der Waals surface area contributed by atoms with Gasteiger partial charge in [0.1, 0.15) is 11.6 Å². The average molecular weight is 463 g/mol. The van der Waals surface area contributed by atoms with Crippen molar-refractivity contribution in [1.82, 2.24) is 4.31 Å². The molecule has 0 radical (unpaired) electrons. The van der Waals surface area contributed by atoms with Crippen LogP contribution in [0, 0.1) is 11.6 Å². The van der Waals surface area contributed by atoms with Crippen molar-refractivity contribution < 1.29 is 17.7 Å². The molecular formula is C23H21ClF2N2O2S. The highest BCUT2D eigenvalue weighted by molar-refractivity contribution is 7.84. The van der Waals surface area contributed by atoms with Crippen molar-refractivity contribution in [2.45, 2.75) is 12.0 Å². The van der Waals surface area contributed by atoms with Crippen molar-refractivity contribution in [2.75, 3.05) is 24.4 Å². The molecule has 1 aliphatic heterocycles. The van der Waals surface area contributed by atoms with Gasteiger partial charge in [-0.15, -0.1) is 0 Å². The second kappa shape index (κ2) is 9.87. The predicted octanol–water partition coefficient (Wildman–Crippen LogP) is 5.14. The van der Waals surface area contributed by atoms with Crippen LogP contribution < -0.4 is 4.72 Å². The summed E-state index contributed by atoms with van der Waals surface area (Å²) in [4.78, 5) is 0. The third kappa shape index (κ3) is 5.49. The molecule has 1 fully saturated rings. The second-order valence-corrected chi connectivity index (χ2v) is 8.89. The molecule has 3 aromatic rings. The highest BCUT2D eigenvalue weighted by Crippen LogP contribution is 2.32. The lowest BCUT2D eigenvalue weighted by molar-refractivity contribution is -0.00838. The molecule has 4 nitrogen and oxygen atoms in total. The van der Waals surface area contributed by atoms with Crippen LogP contribution in [0.5, 0.6) is 0 Å². The summed E-state index contributed by atoms with van der Waals surface area (Å²) >= 11 is 4.51. The maximum atomic E-state index is 13.5. The quantitative estimate of drug-likeness (QED) is 0.551. The Morgan fingerprint density at radius 1 is 1.00 bits per heavy atom. The molecule has 162 valence electrons. The Morgan fingerprint density at radius 3 is 2.19 bits per heavy atom. The van der Waals surface area contributed by atoms with E-state index in [-0.39, 0.29) is 23.7 Å². The molecule has 0 amide bonds. The van der Waals surface area contributed by atoms with Gasteiger partial charge in [0.25, 0.3) is 0 Å². The molecule has 2 atom stereocenters. The maximum absolute atomic E-state index is 13.5. The fourth-order valence-corrected chi connectivity index (χ4v) is 4.85. The third-order valence-electron chi connectivity index (χ3n) is 5.15. The van der Waals surface area contributed by atoms with E-state index >= 15 is 0 Å². The number of anilines is 1. The van der Waals surface area contributed by atoms with Gasteiger partial charge in [-0.2, -0.15) is 0 Å². The second-order valence-electron chi connectivity index (χ2n) is 7.24. The summed E-state index contributed by atoms with van der Waals surface area (Å²) in [6, 6.07) is 19.4. The van der Waals surface area contributed by atoms with Crippen LogP contribution in [0.2, 0.25) is 5.02 Å². The van der Waals surface area contributed by atoms with Crippen LogP contribution in [0.4, 0.5) is 14.5 Å². The highest BCUT2D eigenvalue weighted by Gasteiger charge is 2.32. The zero-order valence-electron chi connectivity index (χ0n) is 16.5. The summed E-state index contributed by atoms with van der Waals surface area (Å²) in [7, 11) is 0. The van der Waals surface area contributed by atoms with Gasteiger partial charge in [0.05, 0.1) is 12.7 Å². The van der Waals surface area contributed by atoms with E-state index in [2.05, 4.69) is 4.72 Å². The van der Waals surface area contributed by atoms with Crippen LogP contribution in [0.15, 0.2) is 72.8 Å². The van der Waals surface area contributed by atoms with Crippen LogP contribution in [0.3, 0.4) is 0 Å². The molecule has 1 aliphatic rings. The van der Waals surface area contributed by atoms with Crippen LogP contribution in [-0.4, -0.2) is 34.3 Å². The lowest BCUT2D eigenvalue weighted by Crippen LogP contribution is -2.47. The zero-order chi connectivity index (χ0) is 21.8. The molecule has 1 saturated heterocycles. The van der Waals surface area contributed by atoms with Crippen molar-refractivity contribution in [2.24, 2.45) is 0 Å². The Morgan fingerprint density at radius 2 is 1.61 bits per heavy atom. The van der Waals surface area contributed by atoms with Gasteiger partial charge in [0.15, 0.2) is 11.2 Å². The molecule has 1 N–H and O–H groups in total. The molecule has 0 bridgehead atoms. The van der Waals surface area contributed by atoms with E-state index in [0.717, 1.165) is 11.1 Å². The molecule has 0 saturated carbocycles. The Labute approximate surface area is 187 Å². The normalized spacial score (nSPS) is 18.1. The van der Waals surface area contributed by atoms with Gasteiger partial charge in [-0.3, -0.25) is 4.72 Å². The smallest absolute Gasteiger partial charge is 0.196 e.